The zero-order valence-corrected chi connectivity index (χ0v) is 13.8. The number of hydrogen-bond acceptors (Lipinski definition) is 4. The molecule has 0 spiro atoms. The third-order valence-electron chi connectivity index (χ3n) is 3.84. The van der Waals surface area contributed by atoms with Crippen molar-refractivity contribution in [1.29, 1.82) is 0 Å². The van der Waals surface area contributed by atoms with Crippen LogP contribution in [0.5, 0.6) is 0 Å². The van der Waals surface area contributed by atoms with Gasteiger partial charge in [-0.15, -0.1) is 11.8 Å². The summed E-state index contributed by atoms with van der Waals surface area (Å²) < 4.78 is 0. The Morgan fingerprint density at radius 2 is 2.14 bits per heavy atom. The third kappa shape index (κ3) is 5.02. The maximum atomic E-state index is 12.2. The fraction of sp³-hybridized carbons (Fsp3) is 0.562. The predicted octanol–water partition coefficient (Wildman–Crippen LogP) is 1.74. The lowest BCUT2D eigenvalue weighted by molar-refractivity contribution is 0.0950. The standard InChI is InChI=1S/C16H25N3OS/c1-13-4-5-14(21-2)12-15(13)16(20)18-6-3-9-19-10-7-17-8-11-19/h4-5,12,17H,3,6-11H2,1-2H3,(H,18,20). The molecule has 4 nitrogen and oxygen atoms in total. The molecule has 1 aliphatic rings. The summed E-state index contributed by atoms with van der Waals surface area (Å²) in [5.74, 6) is 0.0451. The van der Waals surface area contributed by atoms with Crippen LogP contribution in [-0.4, -0.2) is 56.3 Å². The summed E-state index contributed by atoms with van der Waals surface area (Å²) in [4.78, 5) is 15.8. The number of aryl methyl sites for hydroxylation is 1. The average molecular weight is 307 g/mol. The second-order valence-corrected chi connectivity index (χ2v) is 6.26. The largest absolute Gasteiger partial charge is 0.352 e. The van der Waals surface area contributed by atoms with Gasteiger partial charge in [0, 0.05) is 43.2 Å². The van der Waals surface area contributed by atoms with E-state index in [9.17, 15) is 4.79 Å². The number of hydrogen-bond donors (Lipinski definition) is 2. The van der Waals surface area contributed by atoms with Crippen molar-refractivity contribution in [1.82, 2.24) is 15.5 Å². The van der Waals surface area contributed by atoms with Crippen LogP contribution >= 0.6 is 11.8 Å². The van der Waals surface area contributed by atoms with Crippen molar-refractivity contribution in [3.8, 4) is 0 Å². The van der Waals surface area contributed by atoms with Gasteiger partial charge in [-0.1, -0.05) is 6.07 Å². The van der Waals surface area contributed by atoms with Gasteiger partial charge in [-0.3, -0.25) is 4.79 Å². The van der Waals surface area contributed by atoms with E-state index < -0.39 is 0 Å². The molecule has 2 N–H and O–H groups in total. The first-order chi connectivity index (χ1) is 10.2. The van der Waals surface area contributed by atoms with Crippen LogP contribution in [0, 0.1) is 6.92 Å². The summed E-state index contributed by atoms with van der Waals surface area (Å²) >= 11 is 1.66. The van der Waals surface area contributed by atoms with Gasteiger partial charge >= 0.3 is 0 Å². The predicted molar refractivity (Wildman–Crippen MR) is 89.2 cm³/mol. The molecule has 0 atom stereocenters. The maximum absolute atomic E-state index is 12.2. The lowest BCUT2D eigenvalue weighted by Gasteiger charge is -2.27. The first-order valence-corrected chi connectivity index (χ1v) is 8.79. The fourth-order valence-electron chi connectivity index (χ4n) is 2.51. The van der Waals surface area contributed by atoms with E-state index in [0.29, 0.717) is 0 Å². The van der Waals surface area contributed by atoms with Gasteiger partial charge in [-0.25, -0.2) is 0 Å². The van der Waals surface area contributed by atoms with Gasteiger partial charge in [0.2, 0.25) is 0 Å². The summed E-state index contributed by atoms with van der Waals surface area (Å²) in [6.45, 7) is 8.17. The number of amides is 1. The van der Waals surface area contributed by atoms with Crippen LogP contribution in [0.15, 0.2) is 23.1 Å². The molecule has 1 amide bonds. The molecule has 116 valence electrons. The van der Waals surface area contributed by atoms with Gasteiger partial charge in [-0.05, 0) is 43.8 Å². The minimum absolute atomic E-state index is 0.0451. The fourth-order valence-corrected chi connectivity index (χ4v) is 2.95. The Hall–Kier alpha value is -1.04. The van der Waals surface area contributed by atoms with Crippen LogP contribution in [0.1, 0.15) is 22.3 Å². The molecule has 1 fully saturated rings. The Bertz CT molecular complexity index is 473. The molecular formula is C16H25N3OS. The summed E-state index contributed by atoms with van der Waals surface area (Å²) in [6, 6.07) is 6.05. The third-order valence-corrected chi connectivity index (χ3v) is 4.56. The number of nitrogens with one attached hydrogen (secondary N) is 2. The molecule has 1 saturated heterocycles. The molecule has 0 aromatic heterocycles. The van der Waals surface area contributed by atoms with Gasteiger partial charge in [0.25, 0.3) is 5.91 Å². The van der Waals surface area contributed by atoms with E-state index in [2.05, 4.69) is 21.6 Å². The van der Waals surface area contributed by atoms with E-state index in [1.807, 2.05) is 25.3 Å². The summed E-state index contributed by atoms with van der Waals surface area (Å²) in [5.41, 5.74) is 1.83. The van der Waals surface area contributed by atoms with Gasteiger partial charge < -0.3 is 15.5 Å². The van der Waals surface area contributed by atoms with Gasteiger partial charge in [0.05, 0.1) is 0 Å². The van der Waals surface area contributed by atoms with Crippen molar-refractivity contribution < 1.29 is 4.79 Å². The second-order valence-electron chi connectivity index (χ2n) is 5.38. The van der Waals surface area contributed by atoms with Gasteiger partial charge in [-0.2, -0.15) is 0 Å². The number of nitrogens with zero attached hydrogens (tertiary/aromatic N) is 1. The molecule has 0 bridgehead atoms. The van der Waals surface area contributed by atoms with Gasteiger partial charge in [0.15, 0.2) is 0 Å². The monoisotopic (exact) mass is 307 g/mol. The summed E-state index contributed by atoms with van der Waals surface area (Å²) in [7, 11) is 0. The molecule has 0 aliphatic carbocycles. The number of rotatable bonds is 6. The molecule has 0 radical (unpaired) electrons. The van der Waals surface area contributed by atoms with Crippen LogP contribution in [0.4, 0.5) is 0 Å². The molecule has 21 heavy (non-hydrogen) atoms. The van der Waals surface area contributed by atoms with Crippen molar-refractivity contribution in [2.45, 2.75) is 18.2 Å². The van der Waals surface area contributed by atoms with E-state index >= 15 is 0 Å². The maximum Gasteiger partial charge on any atom is 0.251 e. The Balaban J connectivity index is 1.76. The van der Waals surface area contributed by atoms with Crippen molar-refractivity contribution in [3.05, 3.63) is 29.3 Å². The van der Waals surface area contributed by atoms with Crippen LogP contribution in [-0.2, 0) is 0 Å². The SMILES string of the molecule is CSc1ccc(C)c(C(=O)NCCCN2CCNCC2)c1. The quantitative estimate of drug-likeness (QED) is 0.621. The highest BCUT2D eigenvalue weighted by Crippen LogP contribution is 2.18. The van der Waals surface area contributed by atoms with E-state index in [-0.39, 0.29) is 5.91 Å². The van der Waals surface area contributed by atoms with E-state index in [0.717, 1.165) is 61.7 Å². The average Bonchev–Trinajstić information content (AvgIpc) is 2.53. The van der Waals surface area contributed by atoms with Crippen molar-refractivity contribution in [2.24, 2.45) is 0 Å². The number of carbonyl (C=O) groups is 1. The first kappa shape index (κ1) is 16.3. The second kappa shape index (κ2) is 8.41. The minimum atomic E-state index is 0.0451. The highest BCUT2D eigenvalue weighted by molar-refractivity contribution is 7.98. The molecule has 0 unspecified atom stereocenters. The molecular weight excluding hydrogens is 282 g/mol. The Labute approximate surface area is 131 Å². The topological polar surface area (TPSA) is 44.4 Å². The number of carbonyl (C=O) groups excluding carboxylic acids is 1. The molecule has 2 rings (SSSR count). The summed E-state index contributed by atoms with van der Waals surface area (Å²) in [5, 5.41) is 6.39. The number of piperazine rings is 1. The molecule has 1 heterocycles. The van der Waals surface area contributed by atoms with Gasteiger partial charge in [0.1, 0.15) is 0 Å². The highest BCUT2D eigenvalue weighted by atomic mass is 32.2. The lowest BCUT2D eigenvalue weighted by Crippen LogP contribution is -2.44. The van der Waals surface area contributed by atoms with Crippen molar-refractivity contribution in [3.63, 3.8) is 0 Å². The van der Waals surface area contributed by atoms with Crippen molar-refractivity contribution >= 4 is 17.7 Å². The Morgan fingerprint density at radius 1 is 1.38 bits per heavy atom. The lowest BCUT2D eigenvalue weighted by atomic mass is 10.1. The molecule has 1 aromatic rings. The Kier molecular flexibility index (Phi) is 6.54. The van der Waals surface area contributed by atoms with Crippen LogP contribution in [0.3, 0.4) is 0 Å². The van der Waals surface area contributed by atoms with E-state index in [4.69, 9.17) is 0 Å². The highest BCUT2D eigenvalue weighted by Gasteiger charge is 2.11. The smallest absolute Gasteiger partial charge is 0.251 e. The van der Waals surface area contributed by atoms with Crippen molar-refractivity contribution in [2.75, 3.05) is 45.5 Å². The molecule has 5 heteroatoms. The Morgan fingerprint density at radius 3 is 2.86 bits per heavy atom. The van der Waals surface area contributed by atoms with E-state index in [1.165, 1.54) is 0 Å². The normalized spacial score (nSPS) is 15.9. The minimum Gasteiger partial charge on any atom is -0.352 e. The van der Waals surface area contributed by atoms with Crippen LogP contribution < -0.4 is 10.6 Å². The zero-order valence-electron chi connectivity index (χ0n) is 12.9. The first-order valence-electron chi connectivity index (χ1n) is 7.56. The van der Waals surface area contributed by atoms with E-state index in [1.54, 1.807) is 11.8 Å². The van der Waals surface area contributed by atoms with Crippen LogP contribution in [0.25, 0.3) is 0 Å². The number of thioether (sulfide) groups is 1. The zero-order chi connectivity index (χ0) is 15.1. The van der Waals surface area contributed by atoms with Crippen LogP contribution in [0.2, 0.25) is 0 Å². The molecule has 1 aliphatic heterocycles. The number of benzene rings is 1. The molecule has 0 saturated carbocycles. The molecule has 1 aromatic carbocycles. The summed E-state index contributed by atoms with van der Waals surface area (Å²) in [6.07, 6.45) is 3.03.